The van der Waals surface area contributed by atoms with E-state index in [1.165, 1.54) is 0 Å². The van der Waals surface area contributed by atoms with Gasteiger partial charge >= 0.3 is 96.4 Å². The van der Waals surface area contributed by atoms with Crippen LogP contribution in [0.1, 0.15) is 0 Å². The Morgan fingerprint density at radius 3 is 1.13 bits per heavy atom. The number of benzene rings is 1. The molecule has 1 rings (SSSR count). The predicted molar refractivity (Wildman–Crippen MR) is 49.2 cm³/mol. The summed E-state index contributed by atoms with van der Waals surface area (Å²) in [4.78, 5) is 0. The van der Waals surface area contributed by atoms with E-state index < -0.39 is 47.7 Å². The van der Waals surface area contributed by atoms with Crippen molar-refractivity contribution in [2.75, 3.05) is 0 Å². The molecule has 0 atom stereocenters. The third-order valence-corrected chi connectivity index (χ3v) is 8.17. The van der Waals surface area contributed by atoms with Gasteiger partial charge in [-0.1, -0.05) is 0 Å². The van der Waals surface area contributed by atoms with Crippen LogP contribution in [0, 0.1) is 29.1 Å². The molecule has 0 aliphatic heterocycles. The van der Waals surface area contributed by atoms with E-state index in [9.17, 15) is 22.0 Å². The summed E-state index contributed by atoms with van der Waals surface area (Å²) in [6.45, 7) is 0. The molecule has 0 saturated carbocycles. The first kappa shape index (κ1) is 13.6. The van der Waals surface area contributed by atoms with E-state index >= 15 is 0 Å². The van der Waals surface area contributed by atoms with E-state index in [-0.39, 0.29) is 0 Å². The summed E-state index contributed by atoms with van der Waals surface area (Å²) in [5.41, 5.74) is 0. The Balaban J connectivity index is 3.68. The summed E-state index contributed by atoms with van der Waals surface area (Å²) < 4.78 is 62.5. The minimum atomic E-state index is -4.93. The molecule has 15 heavy (non-hydrogen) atoms. The predicted octanol–water partition coefficient (Wildman–Crippen LogP) is 3.24. The standard InChI is InChI=1S/C6F5.3ClH.Sn/c7-2-1-3(8)5(10)6(11)4(2)9;;;;/h;3*1H;/q;;;;+3/p-3. The van der Waals surface area contributed by atoms with Crippen LogP contribution >= 0.6 is 26.8 Å². The van der Waals surface area contributed by atoms with Gasteiger partial charge in [-0.25, -0.2) is 0 Å². The third-order valence-electron chi connectivity index (χ3n) is 1.49. The van der Waals surface area contributed by atoms with E-state index in [2.05, 4.69) is 0 Å². The van der Waals surface area contributed by atoms with Crippen LogP contribution in [-0.2, 0) is 0 Å². The van der Waals surface area contributed by atoms with Crippen LogP contribution in [0.2, 0.25) is 0 Å². The molecule has 0 amide bonds. The molecule has 9 heteroatoms. The molecule has 1 aromatic rings. The van der Waals surface area contributed by atoms with Gasteiger partial charge in [-0.2, -0.15) is 0 Å². The fraction of sp³-hybridized carbons (Fsp3) is 0. The number of hydrogen-bond donors (Lipinski definition) is 0. The first-order valence-corrected chi connectivity index (χ1v) is 15.5. The second-order valence-electron chi connectivity index (χ2n) is 2.44. The molecule has 0 fully saturated rings. The Hall–Kier alpha value is 0.539. The van der Waals surface area contributed by atoms with Gasteiger partial charge in [-0.3, -0.25) is 0 Å². The Bertz CT molecular complexity index is 387. The molecule has 84 valence electrons. The van der Waals surface area contributed by atoms with Crippen LogP contribution in [0.3, 0.4) is 0 Å². The van der Waals surface area contributed by atoms with Crippen molar-refractivity contribution in [3.05, 3.63) is 29.1 Å². The van der Waals surface area contributed by atoms with Crippen molar-refractivity contribution < 1.29 is 22.0 Å². The molecular weight excluding hydrogens is 392 g/mol. The van der Waals surface area contributed by atoms with Gasteiger partial charge in [0, 0.05) is 0 Å². The molecule has 0 bridgehead atoms. The normalized spacial score (nSPS) is 12.0. The van der Waals surface area contributed by atoms with Gasteiger partial charge in [0.2, 0.25) is 0 Å². The maximum absolute atomic E-state index is 13.0. The molecule has 0 heterocycles. The van der Waals surface area contributed by atoms with Crippen LogP contribution in [0.25, 0.3) is 0 Å². The fourth-order valence-corrected chi connectivity index (χ4v) is 6.24. The average molecular weight is 392 g/mol. The Morgan fingerprint density at radius 1 is 0.600 bits per heavy atom. The van der Waals surface area contributed by atoms with Crippen molar-refractivity contribution in [2.45, 2.75) is 0 Å². The fourth-order valence-electron chi connectivity index (χ4n) is 0.854. The van der Waals surface area contributed by atoms with Crippen molar-refractivity contribution in [2.24, 2.45) is 0 Å². The topological polar surface area (TPSA) is 0 Å². The monoisotopic (exact) mass is 392 g/mol. The first-order chi connectivity index (χ1) is 6.68. The van der Waals surface area contributed by atoms with Gasteiger partial charge in [-0.05, 0) is 0 Å². The van der Waals surface area contributed by atoms with Gasteiger partial charge in [0.1, 0.15) is 0 Å². The van der Waals surface area contributed by atoms with Gasteiger partial charge < -0.3 is 0 Å². The minimum absolute atomic E-state index is 1.29. The van der Waals surface area contributed by atoms with Crippen LogP contribution in [0.5, 0.6) is 0 Å². The number of hydrogen-bond acceptors (Lipinski definition) is 0. The van der Waals surface area contributed by atoms with Crippen LogP contribution < -0.4 is 3.58 Å². The summed E-state index contributed by atoms with van der Waals surface area (Å²) in [6, 6.07) is 0. The molecule has 0 nitrogen and oxygen atoms in total. The maximum atomic E-state index is 13.0. The van der Waals surface area contributed by atoms with Crippen molar-refractivity contribution in [1.82, 2.24) is 0 Å². The zero-order valence-electron chi connectivity index (χ0n) is 6.52. The molecule has 0 aliphatic carbocycles. The Kier molecular flexibility index (Phi) is 4.01. The molecular formula is C6Cl3F5Sn. The molecule has 0 aliphatic rings. The Morgan fingerprint density at radius 2 is 0.867 bits per heavy atom. The van der Waals surface area contributed by atoms with Gasteiger partial charge in [0.05, 0.1) is 0 Å². The van der Waals surface area contributed by atoms with E-state index in [4.69, 9.17) is 26.8 Å². The van der Waals surface area contributed by atoms with E-state index in [0.717, 1.165) is 0 Å². The molecule has 0 N–H and O–H groups in total. The molecule has 1 aromatic carbocycles. The van der Waals surface area contributed by atoms with Crippen LogP contribution in [-0.4, -0.2) is 15.0 Å². The number of rotatable bonds is 1. The Labute approximate surface area is 95.9 Å². The SMILES string of the molecule is Fc1c(F)c(F)[c]([Sn]([Cl])([Cl])[Cl])c(F)c1F. The van der Waals surface area contributed by atoms with Gasteiger partial charge in [0.25, 0.3) is 0 Å². The van der Waals surface area contributed by atoms with E-state index in [0.29, 0.717) is 0 Å². The van der Waals surface area contributed by atoms with E-state index in [1.807, 2.05) is 0 Å². The molecule has 0 radical (unpaired) electrons. The van der Waals surface area contributed by atoms with Crippen molar-refractivity contribution >= 4 is 45.3 Å². The van der Waals surface area contributed by atoms with E-state index in [1.54, 1.807) is 0 Å². The summed E-state index contributed by atoms with van der Waals surface area (Å²) in [5, 5.41) is 0. The molecule has 0 unspecified atom stereocenters. The first-order valence-electron chi connectivity index (χ1n) is 3.26. The van der Waals surface area contributed by atoms with Crippen molar-refractivity contribution in [1.29, 1.82) is 0 Å². The summed E-state index contributed by atoms with van der Waals surface area (Å²) in [7, 11) is 15.8. The molecule has 0 spiro atoms. The summed E-state index contributed by atoms with van der Waals surface area (Å²) >= 11 is -4.93. The summed E-state index contributed by atoms with van der Waals surface area (Å²) in [5.74, 6) is -10.6. The molecule has 0 aromatic heterocycles. The zero-order valence-corrected chi connectivity index (χ0v) is 11.6. The number of halogens is 8. The van der Waals surface area contributed by atoms with Crippen LogP contribution in [0.4, 0.5) is 22.0 Å². The summed E-state index contributed by atoms with van der Waals surface area (Å²) in [6.07, 6.45) is 0. The molecule has 0 saturated heterocycles. The second-order valence-corrected chi connectivity index (χ2v) is 22.0. The average Bonchev–Trinajstić information content (AvgIpc) is 2.09. The second kappa shape index (κ2) is 4.43. The van der Waals surface area contributed by atoms with Gasteiger partial charge in [0.15, 0.2) is 0 Å². The third kappa shape index (κ3) is 2.45. The van der Waals surface area contributed by atoms with Crippen LogP contribution in [0.15, 0.2) is 0 Å². The van der Waals surface area contributed by atoms with Crippen molar-refractivity contribution in [3.8, 4) is 0 Å². The van der Waals surface area contributed by atoms with Crippen molar-refractivity contribution in [3.63, 3.8) is 0 Å². The quantitative estimate of drug-likeness (QED) is 0.298. The van der Waals surface area contributed by atoms with Gasteiger partial charge in [-0.15, -0.1) is 0 Å². The zero-order chi connectivity index (χ0) is 12.0.